The molecule has 0 aliphatic heterocycles. The molecule has 1 N–H and O–H groups in total. The Balaban J connectivity index is 1.37. The van der Waals surface area contributed by atoms with E-state index in [4.69, 9.17) is 9.47 Å². The number of nitrogens with one attached hydrogen (secondary N) is 1. The Kier molecular flexibility index (Phi) is 5.59. The predicted octanol–water partition coefficient (Wildman–Crippen LogP) is 5.48. The highest BCUT2D eigenvalue weighted by Gasteiger charge is 2.44. The van der Waals surface area contributed by atoms with Gasteiger partial charge in [-0.3, -0.25) is 14.5 Å². The Morgan fingerprint density at radius 3 is 2.88 bits per heavy atom. The van der Waals surface area contributed by atoms with Gasteiger partial charge in [0.25, 0.3) is 0 Å². The van der Waals surface area contributed by atoms with Crippen LogP contribution in [0, 0.1) is 11.2 Å². The maximum atomic E-state index is 14.8. The zero-order chi connectivity index (χ0) is 23.0. The average Bonchev–Trinajstić information content (AvgIpc) is 3.21. The molecule has 0 bridgehead atoms. The van der Waals surface area contributed by atoms with Crippen LogP contribution in [-0.2, 0) is 16.1 Å². The fourth-order valence-electron chi connectivity index (χ4n) is 3.41. The molecule has 1 amide bonds. The van der Waals surface area contributed by atoms with Crippen LogP contribution in [0.4, 0.5) is 10.1 Å². The molecule has 0 radical (unpaired) electrons. The van der Waals surface area contributed by atoms with E-state index in [0.717, 1.165) is 33.5 Å². The maximum absolute atomic E-state index is 14.8. The zero-order valence-electron chi connectivity index (χ0n) is 18.3. The summed E-state index contributed by atoms with van der Waals surface area (Å²) in [7, 11) is 1.66. The second kappa shape index (κ2) is 8.57. The van der Waals surface area contributed by atoms with Crippen molar-refractivity contribution in [3.8, 4) is 21.9 Å². The number of amides is 1. The number of fused-ring (bicyclic) bond motifs is 1. The third-order valence-corrected chi connectivity index (χ3v) is 6.96. The summed E-state index contributed by atoms with van der Waals surface area (Å²) in [6.07, 6.45) is 7.11. The monoisotopic (exact) mass is 466 g/mol. The molecule has 3 aromatic heterocycles. The van der Waals surface area contributed by atoms with Gasteiger partial charge >= 0.3 is 0 Å². The molecule has 9 heteroatoms. The van der Waals surface area contributed by atoms with E-state index >= 15 is 0 Å². The quantitative estimate of drug-likeness (QED) is 0.372. The van der Waals surface area contributed by atoms with Crippen molar-refractivity contribution in [2.24, 2.45) is 5.41 Å². The van der Waals surface area contributed by atoms with Gasteiger partial charge in [-0.1, -0.05) is 6.92 Å². The van der Waals surface area contributed by atoms with Crippen LogP contribution in [0.3, 0.4) is 0 Å². The number of nitrogens with zero attached hydrogens (tertiary/aromatic N) is 3. The van der Waals surface area contributed by atoms with Gasteiger partial charge < -0.3 is 14.8 Å². The molecule has 33 heavy (non-hydrogen) atoms. The molecule has 4 aromatic rings. The number of thiophene rings is 1. The van der Waals surface area contributed by atoms with Crippen molar-refractivity contribution >= 4 is 33.1 Å². The highest BCUT2D eigenvalue weighted by Crippen LogP contribution is 2.46. The number of carbonyl (C=O) groups excluding carboxylic acids is 1. The van der Waals surface area contributed by atoms with Crippen LogP contribution >= 0.6 is 11.3 Å². The van der Waals surface area contributed by atoms with Gasteiger partial charge in [-0.15, -0.1) is 11.3 Å². The Morgan fingerprint density at radius 2 is 2.12 bits per heavy atom. The number of hydrogen-bond donors (Lipinski definition) is 1. The summed E-state index contributed by atoms with van der Waals surface area (Å²) in [5.74, 6) is -0.0253. The Bertz CT molecular complexity index is 1330. The highest BCUT2D eigenvalue weighted by atomic mass is 32.1. The predicted molar refractivity (Wildman–Crippen MR) is 125 cm³/mol. The van der Waals surface area contributed by atoms with Gasteiger partial charge in [-0.25, -0.2) is 4.39 Å². The van der Waals surface area contributed by atoms with Crippen LogP contribution in [0.25, 0.3) is 20.7 Å². The molecule has 1 aromatic carbocycles. The molecule has 0 atom stereocenters. The van der Waals surface area contributed by atoms with Crippen LogP contribution in [0.5, 0.6) is 11.5 Å². The third kappa shape index (κ3) is 4.46. The summed E-state index contributed by atoms with van der Waals surface area (Å²) in [6, 6.07) is 8.15. The lowest BCUT2D eigenvalue weighted by Gasteiger charge is -2.12. The van der Waals surface area contributed by atoms with Crippen LogP contribution in [0.15, 0.2) is 48.9 Å². The summed E-state index contributed by atoms with van der Waals surface area (Å²) < 4.78 is 28.4. The summed E-state index contributed by atoms with van der Waals surface area (Å²) in [4.78, 5) is 17.6. The number of ether oxygens (including phenoxy) is 2. The third-order valence-electron chi connectivity index (χ3n) is 5.78. The minimum atomic E-state index is -0.546. The first-order valence-electron chi connectivity index (χ1n) is 10.6. The van der Waals surface area contributed by atoms with E-state index in [0.29, 0.717) is 24.6 Å². The lowest BCUT2D eigenvalue weighted by Crippen LogP contribution is -2.21. The van der Waals surface area contributed by atoms with Gasteiger partial charge in [-0.2, -0.15) is 5.10 Å². The average molecular weight is 467 g/mol. The van der Waals surface area contributed by atoms with E-state index in [9.17, 15) is 9.18 Å². The number of rotatable bonds is 8. The van der Waals surface area contributed by atoms with Crippen molar-refractivity contribution in [2.75, 3.05) is 19.0 Å². The molecular weight excluding hydrogens is 443 g/mol. The first-order valence-corrected chi connectivity index (χ1v) is 11.5. The minimum Gasteiger partial charge on any atom is -0.453 e. The number of aromatic nitrogens is 3. The zero-order valence-corrected chi connectivity index (χ0v) is 19.1. The van der Waals surface area contributed by atoms with E-state index in [-0.39, 0.29) is 17.1 Å². The van der Waals surface area contributed by atoms with Crippen LogP contribution in [-0.4, -0.2) is 34.4 Å². The Morgan fingerprint density at radius 1 is 1.27 bits per heavy atom. The molecular formula is C24H23FN4O3S. The van der Waals surface area contributed by atoms with Crippen molar-refractivity contribution in [2.45, 2.75) is 26.3 Å². The summed E-state index contributed by atoms with van der Waals surface area (Å²) in [6.45, 7) is 3.16. The highest BCUT2D eigenvalue weighted by molar-refractivity contribution is 7.22. The fraction of sp³-hybridized carbons (Fsp3) is 0.292. The van der Waals surface area contributed by atoms with Gasteiger partial charge in [0.05, 0.1) is 29.6 Å². The van der Waals surface area contributed by atoms with E-state index in [1.807, 2.05) is 23.9 Å². The van der Waals surface area contributed by atoms with Gasteiger partial charge in [0.1, 0.15) is 5.75 Å². The molecule has 1 fully saturated rings. The number of anilines is 1. The maximum Gasteiger partial charge on any atom is 0.230 e. The molecule has 170 valence electrons. The van der Waals surface area contributed by atoms with Crippen LogP contribution in [0.1, 0.15) is 19.8 Å². The minimum absolute atomic E-state index is 0.0805. The fourth-order valence-corrected chi connectivity index (χ4v) is 4.45. The first kappa shape index (κ1) is 21.5. The summed E-state index contributed by atoms with van der Waals surface area (Å²) in [5, 5.41) is 7.15. The number of halogens is 1. The normalized spacial score (nSPS) is 14.4. The number of methoxy groups -OCH3 is 1. The van der Waals surface area contributed by atoms with Crippen LogP contribution < -0.4 is 10.1 Å². The molecule has 0 saturated heterocycles. The van der Waals surface area contributed by atoms with Crippen LogP contribution in [0.2, 0.25) is 0 Å². The number of pyridine rings is 1. The van der Waals surface area contributed by atoms with E-state index in [1.54, 1.807) is 31.6 Å². The van der Waals surface area contributed by atoms with Crippen molar-refractivity contribution in [1.82, 2.24) is 14.8 Å². The molecule has 5 rings (SSSR count). The molecule has 1 aliphatic rings. The number of carbonyl (C=O) groups is 1. The SMILES string of the molecule is COCCn1cc(-c2cc3nccc(Oc4ccc(NC(=O)C5(C)CC5)cc4F)c3s2)cn1. The van der Waals surface area contributed by atoms with Crippen molar-refractivity contribution in [3.05, 3.63) is 54.7 Å². The van der Waals surface area contributed by atoms with Gasteiger partial charge in [0.2, 0.25) is 5.91 Å². The standard InChI is InChI=1S/C24H23FN4O3S/c1-24(6-7-24)23(30)28-16-3-4-19(17(25)11-16)32-20-5-8-26-18-12-21(33-22(18)20)15-13-27-29(14-15)9-10-31-2/h3-5,8,11-14H,6-7,9-10H2,1-2H3,(H,28,30). The van der Waals surface area contributed by atoms with E-state index in [2.05, 4.69) is 15.4 Å². The number of hydrogen-bond acceptors (Lipinski definition) is 6. The molecule has 0 spiro atoms. The Labute approximate surface area is 194 Å². The molecule has 1 aliphatic carbocycles. The molecule has 3 heterocycles. The largest absolute Gasteiger partial charge is 0.453 e. The van der Waals surface area contributed by atoms with E-state index < -0.39 is 5.82 Å². The van der Waals surface area contributed by atoms with Gasteiger partial charge in [0.15, 0.2) is 11.6 Å². The lowest BCUT2D eigenvalue weighted by atomic mass is 10.1. The van der Waals surface area contributed by atoms with Crippen molar-refractivity contribution in [1.29, 1.82) is 0 Å². The number of benzene rings is 1. The van der Waals surface area contributed by atoms with Crippen molar-refractivity contribution in [3.63, 3.8) is 0 Å². The summed E-state index contributed by atoms with van der Waals surface area (Å²) in [5.41, 5.74) is 1.82. The second-order valence-electron chi connectivity index (χ2n) is 8.38. The van der Waals surface area contributed by atoms with Crippen molar-refractivity contribution < 1.29 is 18.7 Å². The molecule has 0 unspecified atom stereocenters. The van der Waals surface area contributed by atoms with Gasteiger partial charge in [-0.05, 0) is 31.0 Å². The summed E-state index contributed by atoms with van der Waals surface area (Å²) >= 11 is 1.51. The smallest absolute Gasteiger partial charge is 0.230 e. The second-order valence-corrected chi connectivity index (χ2v) is 9.43. The Hall–Kier alpha value is -3.30. The first-order chi connectivity index (χ1) is 15.9. The van der Waals surface area contributed by atoms with E-state index in [1.165, 1.54) is 23.5 Å². The molecule has 7 nitrogen and oxygen atoms in total. The van der Waals surface area contributed by atoms with Gasteiger partial charge in [0, 0.05) is 53.2 Å². The molecule has 1 saturated carbocycles. The topological polar surface area (TPSA) is 78.3 Å². The lowest BCUT2D eigenvalue weighted by molar-refractivity contribution is -0.120.